The van der Waals surface area contributed by atoms with E-state index in [0.29, 0.717) is 72.2 Å². The zero-order valence-electron chi connectivity index (χ0n) is 29.6. The van der Waals surface area contributed by atoms with E-state index in [2.05, 4.69) is 34.0 Å². The van der Waals surface area contributed by atoms with Gasteiger partial charge >= 0.3 is 4.87 Å². The largest absolute Gasteiger partial charge is 0.506 e. The van der Waals surface area contributed by atoms with E-state index in [4.69, 9.17) is 14.4 Å². The fourth-order valence-electron chi connectivity index (χ4n) is 6.42. The van der Waals surface area contributed by atoms with Crippen LogP contribution in [0.1, 0.15) is 70.9 Å². The molecule has 2 saturated heterocycles. The summed E-state index contributed by atoms with van der Waals surface area (Å²) >= 11 is 2.48. The first-order valence-corrected chi connectivity index (χ1v) is 20.7. The molecule has 1 amide bonds. The van der Waals surface area contributed by atoms with Gasteiger partial charge < -0.3 is 35.3 Å². The number of benzene rings is 2. The Balaban J connectivity index is 0.000000705. The molecule has 290 valence electrons. The SMILES string of the molecule is CC(C)c1nc(C(=O)N2CCOC3(CCN(Cc4ccc(F)c(CCNC[C@H](O)c5ccc(O)c6[nH]c(=O)sc56)c4)CC3)C2)cs1.O=S(=O)(O)CCO. The van der Waals surface area contributed by atoms with Crippen LogP contribution in [0, 0.1) is 5.82 Å². The molecule has 6 rings (SSSR count). The van der Waals surface area contributed by atoms with Crippen LogP contribution < -0.4 is 10.2 Å². The number of phenols is 1. The van der Waals surface area contributed by atoms with Crippen LogP contribution in [-0.2, 0) is 27.8 Å². The number of aliphatic hydroxyl groups is 2. The summed E-state index contributed by atoms with van der Waals surface area (Å²) in [4.78, 5) is 36.1. The molecule has 1 atom stereocenters. The molecule has 18 heteroatoms. The van der Waals surface area contributed by atoms with Crippen molar-refractivity contribution in [3.8, 4) is 5.75 Å². The van der Waals surface area contributed by atoms with Gasteiger partial charge in [0.15, 0.2) is 0 Å². The van der Waals surface area contributed by atoms with Crippen molar-refractivity contribution in [2.24, 2.45) is 0 Å². The van der Waals surface area contributed by atoms with Crippen LogP contribution in [0.5, 0.6) is 5.75 Å². The Kier molecular flexibility index (Phi) is 13.8. The standard InChI is InChI=1S/C33H40FN5O5S2.C2H6O4S/c1-20(2)30-36-25(18-45-30)31(42)39-13-14-44-33(19-39)8-11-38(12-9-33)17-21-3-5-24(34)22(15-21)7-10-35-16-27(41)23-4-6-26(40)28-29(23)46-32(43)37-28;3-1-2-7(4,5)6/h3-6,15,18,20,27,35,40-41H,7-14,16-17,19H2,1-2H3,(H,37,43);3H,1-2H2,(H,4,5,6)/t27-;/m0./s1. The van der Waals surface area contributed by atoms with E-state index < -0.39 is 28.6 Å². The van der Waals surface area contributed by atoms with Crippen LogP contribution in [0.3, 0.4) is 0 Å². The van der Waals surface area contributed by atoms with Gasteiger partial charge in [-0.1, -0.05) is 43.4 Å². The maximum Gasteiger partial charge on any atom is 0.305 e. The fourth-order valence-corrected chi connectivity index (χ4v) is 8.38. The maximum atomic E-state index is 14.7. The van der Waals surface area contributed by atoms with Crippen LogP contribution in [-0.4, -0.2) is 118 Å². The van der Waals surface area contributed by atoms with Gasteiger partial charge in [-0.2, -0.15) is 8.42 Å². The number of fused-ring (bicyclic) bond motifs is 1. The molecule has 4 heterocycles. The smallest absolute Gasteiger partial charge is 0.305 e. The van der Waals surface area contributed by atoms with E-state index in [0.717, 1.165) is 47.8 Å². The van der Waals surface area contributed by atoms with E-state index in [-0.39, 0.29) is 34.5 Å². The van der Waals surface area contributed by atoms with E-state index in [1.807, 2.05) is 22.4 Å². The molecular weight excluding hydrogens is 750 g/mol. The van der Waals surface area contributed by atoms with Crippen molar-refractivity contribution < 1.29 is 42.2 Å². The van der Waals surface area contributed by atoms with Gasteiger partial charge in [-0.3, -0.25) is 19.0 Å². The first kappa shape index (κ1) is 40.8. The molecule has 14 nitrogen and oxygen atoms in total. The molecule has 2 fully saturated rings. The Labute approximate surface area is 315 Å². The monoisotopic (exact) mass is 795 g/mol. The van der Waals surface area contributed by atoms with Crippen molar-refractivity contribution in [2.45, 2.75) is 57.3 Å². The highest BCUT2D eigenvalue weighted by Crippen LogP contribution is 2.33. The molecule has 2 aliphatic heterocycles. The second kappa shape index (κ2) is 17.9. The Morgan fingerprint density at radius 3 is 2.60 bits per heavy atom. The normalized spacial score (nSPS) is 16.9. The second-order valence-corrected chi connectivity index (χ2v) is 17.0. The molecule has 0 saturated carbocycles. The number of phenolic OH excluding ortho intramolecular Hbond substituents is 1. The number of nitrogens with zero attached hydrogens (tertiary/aromatic N) is 3. The fraction of sp³-hybridized carbons (Fsp3) is 0.514. The van der Waals surface area contributed by atoms with Gasteiger partial charge in [-0.15, -0.1) is 11.3 Å². The van der Waals surface area contributed by atoms with Gasteiger partial charge in [0, 0.05) is 49.6 Å². The number of H-pyrrole nitrogens is 1. The minimum absolute atomic E-state index is 0.0206. The molecule has 2 aromatic carbocycles. The van der Waals surface area contributed by atoms with Gasteiger partial charge in [0.2, 0.25) is 0 Å². The number of aromatic hydroxyl groups is 1. The lowest BCUT2D eigenvalue weighted by atomic mass is 9.89. The summed E-state index contributed by atoms with van der Waals surface area (Å²) in [5.74, 6) is -0.600. The van der Waals surface area contributed by atoms with Crippen LogP contribution >= 0.6 is 22.7 Å². The highest BCUT2D eigenvalue weighted by atomic mass is 32.2. The summed E-state index contributed by atoms with van der Waals surface area (Å²) in [6, 6.07) is 8.32. The van der Waals surface area contributed by atoms with Crippen molar-refractivity contribution in [3.05, 3.63) is 78.6 Å². The topological polar surface area (TPSA) is 206 Å². The second-order valence-electron chi connectivity index (χ2n) is 13.6. The van der Waals surface area contributed by atoms with E-state index >= 15 is 0 Å². The molecule has 0 radical (unpaired) electrons. The summed E-state index contributed by atoms with van der Waals surface area (Å²) in [6.07, 6.45) is 1.20. The Morgan fingerprint density at radius 2 is 1.94 bits per heavy atom. The Bertz CT molecular complexity index is 2030. The first-order chi connectivity index (χ1) is 25.2. The number of thiazole rings is 2. The molecule has 53 heavy (non-hydrogen) atoms. The van der Waals surface area contributed by atoms with Crippen LogP contribution in [0.2, 0.25) is 0 Å². The minimum Gasteiger partial charge on any atom is -0.506 e. The number of nitrogens with one attached hydrogen (secondary N) is 2. The molecule has 6 N–H and O–H groups in total. The zero-order valence-corrected chi connectivity index (χ0v) is 32.0. The number of hydrogen-bond donors (Lipinski definition) is 6. The molecule has 1 spiro atoms. The number of rotatable bonds is 12. The van der Waals surface area contributed by atoms with Crippen LogP contribution in [0.25, 0.3) is 10.2 Å². The third-order valence-electron chi connectivity index (χ3n) is 9.26. The lowest BCUT2D eigenvalue weighted by molar-refractivity contribution is -0.128. The van der Waals surface area contributed by atoms with Gasteiger partial charge in [-0.25, -0.2) is 9.37 Å². The number of halogens is 1. The summed E-state index contributed by atoms with van der Waals surface area (Å²) in [5.41, 5.74) is 2.69. The van der Waals surface area contributed by atoms with Crippen molar-refractivity contribution in [1.29, 1.82) is 0 Å². The summed E-state index contributed by atoms with van der Waals surface area (Å²) < 4.78 is 48.6. The maximum absolute atomic E-state index is 14.7. The predicted octanol–water partition coefficient (Wildman–Crippen LogP) is 3.25. The average Bonchev–Trinajstić information content (AvgIpc) is 3.77. The third kappa shape index (κ3) is 10.9. The van der Waals surface area contributed by atoms with E-state index in [1.54, 1.807) is 6.07 Å². The summed E-state index contributed by atoms with van der Waals surface area (Å²) in [5, 5.41) is 34.6. The molecular formula is C35H46FN5O9S3. The molecule has 4 aromatic rings. The number of hydrogen-bond acceptors (Lipinski definition) is 13. The van der Waals surface area contributed by atoms with E-state index in [1.165, 1.54) is 23.5 Å². The van der Waals surface area contributed by atoms with Gasteiger partial charge in [-0.05, 0) is 49.1 Å². The minimum atomic E-state index is -3.92. The summed E-state index contributed by atoms with van der Waals surface area (Å²) in [6.45, 7) is 8.31. The zero-order chi connectivity index (χ0) is 38.3. The Hall–Kier alpha value is -3.33. The molecule has 0 unspecified atom stereocenters. The molecule has 2 aliphatic rings. The number of aromatic amines is 1. The number of carbonyl (C=O) groups is 1. The quantitative estimate of drug-likeness (QED) is 0.0904. The van der Waals surface area contributed by atoms with Gasteiger partial charge in [0.1, 0.15) is 22.8 Å². The summed E-state index contributed by atoms with van der Waals surface area (Å²) in [7, 11) is -3.92. The number of amides is 1. The number of morpholine rings is 1. The highest BCUT2D eigenvalue weighted by molar-refractivity contribution is 7.85. The van der Waals surface area contributed by atoms with Crippen LogP contribution in [0.4, 0.5) is 4.39 Å². The number of aromatic nitrogens is 2. The molecule has 0 aliphatic carbocycles. The van der Waals surface area contributed by atoms with Crippen LogP contribution in [0.15, 0.2) is 40.5 Å². The number of aliphatic hydroxyl groups excluding tert-OH is 2. The predicted molar refractivity (Wildman–Crippen MR) is 201 cm³/mol. The number of ether oxygens (including phenoxy) is 1. The lowest BCUT2D eigenvalue weighted by Gasteiger charge is -2.47. The van der Waals surface area contributed by atoms with Crippen molar-refractivity contribution in [3.63, 3.8) is 0 Å². The third-order valence-corrected chi connectivity index (χ3v) is 12.0. The first-order valence-electron chi connectivity index (χ1n) is 17.3. The van der Waals surface area contributed by atoms with Crippen molar-refractivity contribution >= 4 is 48.9 Å². The van der Waals surface area contributed by atoms with Gasteiger partial charge in [0.05, 0.1) is 46.9 Å². The van der Waals surface area contributed by atoms with Crippen molar-refractivity contribution in [1.82, 2.24) is 25.1 Å². The molecule has 2 aromatic heterocycles. The Morgan fingerprint density at radius 1 is 1.19 bits per heavy atom. The number of carbonyl (C=O) groups excluding carboxylic acids is 1. The molecule has 0 bridgehead atoms. The average molecular weight is 796 g/mol. The number of likely N-dealkylation sites (tertiary alicyclic amines) is 1. The van der Waals surface area contributed by atoms with Gasteiger partial charge in [0.25, 0.3) is 16.0 Å². The van der Waals surface area contributed by atoms with E-state index in [9.17, 15) is 32.6 Å². The highest BCUT2D eigenvalue weighted by Gasteiger charge is 2.41. The van der Waals surface area contributed by atoms with Crippen molar-refractivity contribution in [2.75, 3.05) is 58.2 Å². The number of piperidine rings is 1. The lowest BCUT2D eigenvalue weighted by Crippen LogP contribution is -2.58.